The van der Waals surface area contributed by atoms with Crippen molar-refractivity contribution in [3.63, 3.8) is 0 Å². The third-order valence-corrected chi connectivity index (χ3v) is 6.38. The van der Waals surface area contributed by atoms with Gasteiger partial charge in [-0.1, -0.05) is 30.3 Å². The van der Waals surface area contributed by atoms with Gasteiger partial charge in [-0.05, 0) is 48.4 Å². The molecule has 1 N–H and O–H groups in total. The molecule has 0 fully saturated rings. The lowest BCUT2D eigenvalue weighted by atomic mass is 9.93. The molecule has 1 aromatic carbocycles. The minimum atomic E-state index is -0.427. The van der Waals surface area contributed by atoms with Gasteiger partial charge in [0.15, 0.2) is 0 Å². The van der Waals surface area contributed by atoms with Crippen molar-refractivity contribution in [2.24, 2.45) is 0 Å². The summed E-state index contributed by atoms with van der Waals surface area (Å²) in [5, 5.41) is 2.09. The topological polar surface area (TPSA) is 62.4 Å². The van der Waals surface area contributed by atoms with Crippen LogP contribution < -0.4 is 0 Å². The number of nitrogens with one attached hydrogen (secondary N) is 1. The standard InChI is InChI=1S/C22H22N2O3S/c1-13-18(22(26)27-3)14(2)23-19(13)21(25)24-11-9-17-16(10-12-28-17)20(24)15-7-5-4-6-8-15/h4-8,10,12,20,23H,9,11H2,1-3H3. The lowest BCUT2D eigenvalue weighted by Crippen LogP contribution is -2.40. The summed E-state index contributed by atoms with van der Waals surface area (Å²) in [4.78, 5) is 32.0. The Morgan fingerprint density at radius 3 is 2.64 bits per heavy atom. The summed E-state index contributed by atoms with van der Waals surface area (Å²) < 4.78 is 4.88. The Hall–Kier alpha value is -2.86. The second-order valence-corrected chi connectivity index (χ2v) is 7.98. The molecule has 5 nitrogen and oxygen atoms in total. The monoisotopic (exact) mass is 394 g/mol. The fraction of sp³-hybridized carbons (Fsp3) is 0.273. The highest BCUT2D eigenvalue weighted by molar-refractivity contribution is 7.10. The minimum Gasteiger partial charge on any atom is -0.465 e. The molecule has 28 heavy (non-hydrogen) atoms. The minimum absolute atomic E-state index is 0.0959. The zero-order valence-electron chi connectivity index (χ0n) is 16.1. The molecule has 1 atom stereocenters. The van der Waals surface area contributed by atoms with Crippen LogP contribution >= 0.6 is 11.3 Å². The SMILES string of the molecule is COC(=O)c1c(C)[nH]c(C(=O)N2CCc3sccc3C2c2ccccc2)c1C. The van der Waals surface area contributed by atoms with Crippen molar-refractivity contribution in [1.29, 1.82) is 0 Å². The number of aromatic nitrogens is 1. The quantitative estimate of drug-likeness (QED) is 0.675. The number of H-pyrrole nitrogens is 1. The van der Waals surface area contributed by atoms with Crippen molar-refractivity contribution in [3.8, 4) is 0 Å². The summed E-state index contributed by atoms with van der Waals surface area (Å²) in [5.41, 5.74) is 4.46. The molecule has 3 aromatic rings. The van der Waals surface area contributed by atoms with Crippen molar-refractivity contribution in [3.05, 3.63) is 80.3 Å². The molecule has 0 bridgehead atoms. The summed E-state index contributed by atoms with van der Waals surface area (Å²) in [6, 6.07) is 12.1. The van der Waals surface area contributed by atoms with E-state index in [4.69, 9.17) is 4.74 Å². The number of benzene rings is 1. The highest BCUT2D eigenvalue weighted by Crippen LogP contribution is 2.38. The highest BCUT2D eigenvalue weighted by Gasteiger charge is 2.35. The number of fused-ring (bicyclic) bond motifs is 1. The average molecular weight is 394 g/mol. The molecule has 144 valence electrons. The van der Waals surface area contributed by atoms with Gasteiger partial charge < -0.3 is 14.6 Å². The molecule has 0 aliphatic carbocycles. The zero-order valence-corrected chi connectivity index (χ0v) is 16.9. The number of amides is 1. The van der Waals surface area contributed by atoms with E-state index in [0.29, 0.717) is 29.1 Å². The summed E-state index contributed by atoms with van der Waals surface area (Å²) in [6.45, 7) is 4.22. The van der Waals surface area contributed by atoms with E-state index in [9.17, 15) is 9.59 Å². The van der Waals surface area contributed by atoms with Crippen LogP contribution in [0.4, 0.5) is 0 Å². The van der Waals surface area contributed by atoms with Crippen molar-refractivity contribution in [2.45, 2.75) is 26.3 Å². The Bertz CT molecular complexity index is 1040. The smallest absolute Gasteiger partial charge is 0.339 e. The highest BCUT2D eigenvalue weighted by atomic mass is 32.1. The lowest BCUT2D eigenvalue weighted by molar-refractivity contribution is 0.0599. The Balaban J connectivity index is 1.78. The van der Waals surface area contributed by atoms with Crippen molar-refractivity contribution >= 4 is 23.2 Å². The van der Waals surface area contributed by atoms with Gasteiger partial charge in [-0.15, -0.1) is 11.3 Å². The number of carbonyl (C=O) groups is 2. The molecular formula is C22H22N2O3S. The van der Waals surface area contributed by atoms with Crippen LogP contribution in [0.25, 0.3) is 0 Å². The van der Waals surface area contributed by atoms with Crippen LogP contribution in [0, 0.1) is 13.8 Å². The summed E-state index contributed by atoms with van der Waals surface area (Å²) in [5.74, 6) is -0.523. The fourth-order valence-corrected chi connectivity index (χ4v) is 4.95. The maximum Gasteiger partial charge on any atom is 0.339 e. The van der Waals surface area contributed by atoms with Crippen LogP contribution in [-0.4, -0.2) is 35.4 Å². The predicted molar refractivity (Wildman–Crippen MR) is 109 cm³/mol. The number of hydrogen-bond donors (Lipinski definition) is 1. The number of esters is 1. The maximum absolute atomic E-state index is 13.6. The van der Waals surface area contributed by atoms with E-state index in [1.165, 1.54) is 17.6 Å². The van der Waals surface area contributed by atoms with Crippen molar-refractivity contribution in [2.75, 3.05) is 13.7 Å². The number of nitrogens with zero attached hydrogens (tertiary/aromatic N) is 1. The number of thiophene rings is 1. The van der Waals surface area contributed by atoms with Gasteiger partial charge in [0, 0.05) is 17.1 Å². The molecule has 6 heteroatoms. The first kappa shape index (κ1) is 18.5. The molecule has 3 heterocycles. The summed E-state index contributed by atoms with van der Waals surface area (Å²) in [7, 11) is 1.35. The molecule has 0 saturated heterocycles. The summed E-state index contributed by atoms with van der Waals surface area (Å²) >= 11 is 1.74. The largest absolute Gasteiger partial charge is 0.465 e. The van der Waals surface area contributed by atoms with Crippen molar-refractivity contribution in [1.82, 2.24) is 9.88 Å². The Labute approximate surface area is 168 Å². The molecule has 2 aromatic heterocycles. The van der Waals surface area contributed by atoms with Gasteiger partial charge in [-0.2, -0.15) is 0 Å². The van der Waals surface area contributed by atoms with Gasteiger partial charge in [0.25, 0.3) is 5.91 Å². The third kappa shape index (κ3) is 2.94. The van der Waals surface area contributed by atoms with Gasteiger partial charge >= 0.3 is 5.97 Å². The van der Waals surface area contributed by atoms with E-state index in [1.54, 1.807) is 25.2 Å². The van der Waals surface area contributed by atoms with Gasteiger partial charge in [-0.3, -0.25) is 4.79 Å². The number of methoxy groups -OCH3 is 1. The fourth-order valence-electron chi connectivity index (χ4n) is 4.05. The molecule has 4 rings (SSSR count). The van der Waals surface area contributed by atoms with Crippen LogP contribution in [-0.2, 0) is 11.2 Å². The molecule has 1 amide bonds. The zero-order chi connectivity index (χ0) is 19.8. The Morgan fingerprint density at radius 1 is 1.18 bits per heavy atom. The number of carbonyl (C=O) groups excluding carboxylic acids is 2. The number of aryl methyl sites for hydroxylation is 1. The normalized spacial score (nSPS) is 16.0. The first-order valence-electron chi connectivity index (χ1n) is 9.22. The maximum atomic E-state index is 13.6. The number of aromatic amines is 1. The average Bonchev–Trinajstić information content (AvgIpc) is 3.30. The van der Waals surface area contributed by atoms with E-state index >= 15 is 0 Å². The van der Waals surface area contributed by atoms with Crippen molar-refractivity contribution < 1.29 is 14.3 Å². The first-order valence-corrected chi connectivity index (χ1v) is 10.1. The molecule has 0 radical (unpaired) electrons. The second kappa shape index (κ2) is 7.28. The molecule has 0 spiro atoms. The molecule has 1 aliphatic rings. The van der Waals surface area contributed by atoms with Crippen LogP contribution in [0.15, 0.2) is 41.8 Å². The molecular weight excluding hydrogens is 372 g/mol. The van der Waals surface area contributed by atoms with Crippen LogP contribution in [0.5, 0.6) is 0 Å². The Morgan fingerprint density at radius 2 is 1.93 bits per heavy atom. The van der Waals surface area contributed by atoms with Gasteiger partial charge in [-0.25, -0.2) is 4.79 Å². The number of ether oxygens (including phenoxy) is 1. The summed E-state index contributed by atoms with van der Waals surface area (Å²) in [6.07, 6.45) is 0.838. The van der Waals surface area contributed by atoms with Crippen LogP contribution in [0.2, 0.25) is 0 Å². The van der Waals surface area contributed by atoms with E-state index in [-0.39, 0.29) is 11.9 Å². The van der Waals surface area contributed by atoms with Gasteiger partial charge in [0.1, 0.15) is 5.69 Å². The van der Waals surface area contributed by atoms with Crippen LogP contribution in [0.1, 0.15) is 54.1 Å². The third-order valence-electron chi connectivity index (χ3n) is 5.38. The van der Waals surface area contributed by atoms with Crippen LogP contribution in [0.3, 0.4) is 0 Å². The Kier molecular flexibility index (Phi) is 4.81. The van der Waals surface area contributed by atoms with Gasteiger partial charge in [0.05, 0.1) is 18.7 Å². The van der Waals surface area contributed by atoms with E-state index < -0.39 is 5.97 Å². The number of rotatable bonds is 3. The number of hydrogen-bond acceptors (Lipinski definition) is 4. The second-order valence-electron chi connectivity index (χ2n) is 6.98. The molecule has 0 saturated carbocycles. The van der Waals surface area contributed by atoms with E-state index in [2.05, 4.69) is 28.6 Å². The predicted octanol–water partition coefficient (Wildman–Crippen LogP) is 4.27. The van der Waals surface area contributed by atoms with E-state index in [1.807, 2.05) is 23.1 Å². The lowest BCUT2D eigenvalue weighted by Gasteiger charge is -2.36. The first-order chi connectivity index (χ1) is 13.5. The van der Waals surface area contributed by atoms with Gasteiger partial charge in [0.2, 0.25) is 0 Å². The molecule has 1 aliphatic heterocycles. The molecule has 1 unspecified atom stereocenters. The van der Waals surface area contributed by atoms with E-state index in [0.717, 1.165) is 12.0 Å².